The van der Waals surface area contributed by atoms with Gasteiger partial charge < -0.3 is 26.2 Å². The van der Waals surface area contributed by atoms with Crippen molar-refractivity contribution >= 4 is 57.9 Å². The minimum Gasteiger partial charge on any atom is -0.398 e. The Morgan fingerprint density at radius 2 is 1.57 bits per heavy atom. The third-order valence-electron chi connectivity index (χ3n) is 5.85. The van der Waals surface area contributed by atoms with Crippen LogP contribution >= 0.6 is 23.2 Å². The van der Waals surface area contributed by atoms with E-state index in [1.54, 1.807) is 47.4 Å². The first-order valence-electron chi connectivity index (χ1n) is 11.2. The molecule has 3 amide bonds. The van der Waals surface area contributed by atoms with Crippen molar-refractivity contribution in [3.63, 3.8) is 0 Å². The van der Waals surface area contributed by atoms with Gasteiger partial charge in [-0.1, -0.05) is 35.3 Å². The second-order valence-electron chi connectivity index (χ2n) is 8.30. The minimum atomic E-state index is -4.65. The Morgan fingerprint density at radius 1 is 0.865 bits per heavy atom. The Hall–Kier alpha value is -3.63. The number of carbonyl (C=O) groups excluding carboxylic acids is 2. The lowest BCUT2D eigenvalue weighted by atomic mass is 10.1. The lowest BCUT2D eigenvalue weighted by Gasteiger charge is -2.36. The average molecular weight is 552 g/mol. The van der Waals surface area contributed by atoms with Crippen LogP contribution in [0.3, 0.4) is 0 Å². The van der Waals surface area contributed by atoms with Gasteiger partial charge in [0.25, 0.3) is 5.91 Å². The molecule has 4 rings (SSSR count). The van der Waals surface area contributed by atoms with Crippen molar-refractivity contribution in [1.29, 1.82) is 0 Å². The summed E-state index contributed by atoms with van der Waals surface area (Å²) in [6, 6.07) is 14.3. The number of nitrogen functional groups attached to an aromatic ring is 1. The highest BCUT2D eigenvalue weighted by atomic mass is 35.5. The number of nitrogens with one attached hydrogen (secondary N) is 2. The first kappa shape index (κ1) is 26.4. The van der Waals surface area contributed by atoms with Crippen LogP contribution in [0.1, 0.15) is 15.9 Å². The number of carbonyl (C=O) groups is 2. The van der Waals surface area contributed by atoms with Crippen LogP contribution in [0.2, 0.25) is 10.0 Å². The van der Waals surface area contributed by atoms with Crippen LogP contribution in [0.5, 0.6) is 0 Å². The summed E-state index contributed by atoms with van der Waals surface area (Å²) in [6.07, 6.45) is -4.65. The van der Waals surface area contributed by atoms with Crippen molar-refractivity contribution in [1.82, 2.24) is 4.90 Å². The zero-order valence-corrected chi connectivity index (χ0v) is 20.8. The quantitative estimate of drug-likeness (QED) is 0.336. The molecule has 0 saturated carbocycles. The predicted octanol–water partition coefficient (Wildman–Crippen LogP) is 6.20. The molecule has 194 valence electrons. The fraction of sp³-hybridized carbons (Fsp3) is 0.200. The van der Waals surface area contributed by atoms with Gasteiger partial charge in [0, 0.05) is 43.2 Å². The molecule has 4 N–H and O–H groups in total. The Balaban J connectivity index is 1.36. The maximum atomic E-state index is 13.1. The summed E-state index contributed by atoms with van der Waals surface area (Å²) in [5, 5.41) is 4.65. The number of hydrogen-bond acceptors (Lipinski definition) is 4. The standard InChI is InChI=1S/C25H22Cl2F3N5O2/c26-19-7-5-15(13-18(19)25(28,29)30)32-24(37)33-22-8-6-16(14-20(22)27)34-9-11-35(12-10-34)23(36)17-3-1-2-4-21(17)31/h1-8,13-14H,9-12,31H2,(H2,32,33,37). The minimum absolute atomic E-state index is 0.0772. The van der Waals surface area contributed by atoms with Gasteiger partial charge in [0.05, 0.1) is 26.9 Å². The van der Waals surface area contributed by atoms with Gasteiger partial charge in [-0.2, -0.15) is 13.2 Å². The molecule has 1 saturated heterocycles. The van der Waals surface area contributed by atoms with Crippen LogP contribution in [0.25, 0.3) is 0 Å². The van der Waals surface area contributed by atoms with Crippen molar-refractivity contribution < 1.29 is 22.8 Å². The number of urea groups is 1. The molecule has 3 aromatic carbocycles. The molecule has 12 heteroatoms. The van der Waals surface area contributed by atoms with E-state index in [1.165, 1.54) is 6.07 Å². The maximum Gasteiger partial charge on any atom is 0.417 e. The lowest BCUT2D eigenvalue weighted by Crippen LogP contribution is -2.48. The molecule has 7 nitrogen and oxygen atoms in total. The van der Waals surface area contributed by atoms with Crippen LogP contribution in [-0.4, -0.2) is 43.0 Å². The fourth-order valence-electron chi connectivity index (χ4n) is 3.94. The summed E-state index contributed by atoms with van der Waals surface area (Å²) in [6.45, 7) is 2.13. The van der Waals surface area contributed by atoms with E-state index in [1.807, 2.05) is 0 Å². The smallest absolute Gasteiger partial charge is 0.398 e. The van der Waals surface area contributed by atoms with E-state index in [-0.39, 0.29) is 22.3 Å². The van der Waals surface area contributed by atoms with E-state index < -0.39 is 22.8 Å². The van der Waals surface area contributed by atoms with E-state index >= 15 is 0 Å². The van der Waals surface area contributed by atoms with E-state index in [0.717, 1.165) is 17.8 Å². The van der Waals surface area contributed by atoms with Gasteiger partial charge in [-0.25, -0.2) is 4.79 Å². The highest BCUT2D eigenvalue weighted by Gasteiger charge is 2.33. The van der Waals surface area contributed by atoms with Gasteiger partial charge in [-0.15, -0.1) is 0 Å². The van der Waals surface area contributed by atoms with Crippen LogP contribution in [0.4, 0.5) is 40.7 Å². The molecule has 0 unspecified atom stereocenters. The third-order valence-corrected chi connectivity index (χ3v) is 6.50. The number of benzene rings is 3. The zero-order chi connectivity index (χ0) is 26.7. The van der Waals surface area contributed by atoms with Crippen molar-refractivity contribution in [3.8, 4) is 0 Å². The topological polar surface area (TPSA) is 90.7 Å². The number of amides is 3. The number of halogens is 5. The Labute approximate surface area is 220 Å². The molecule has 37 heavy (non-hydrogen) atoms. The summed E-state index contributed by atoms with van der Waals surface area (Å²) in [5.74, 6) is -0.121. The van der Waals surface area contributed by atoms with Gasteiger partial charge >= 0.3 is 12.2 Å². The van der Waals surface area contributed by atoms with Crippen molar-refractivity contribution in [2.24, 2.45) is 0 Å². The van der Waals surface area contributed by atoms with Gasteiger partial charge in [-0.05, 0) is 48.5 Å². The number of rotatable bonds is 4. The number of hydrogen-bond donors (Lipinski definition) is 3. The fourth-order valence-corrected chi connectivity index (χ4v) is 4.38. The second-order valence-corrected chi connectivity index (χ2v) is 9.12. The molecule has 1 aliphatic rings. The molecule has 3 aromatic rings. The molecular formula is C25H22Cl2F3N5O2. The molecule has 0 aliphatic carbocycles. The van der Waals surface area contributed by atoms with Crippen molar-refractivity contribution in [2.75, 3.05) is 47.4 Å². The Kier molecular flexibility index (Phi) is 7.70. The maximum absolute atomic E-state index is 13.1. The second kappa shape index (κ2) is 10.8. The number of para-hydroxylation sites is 1. The van der Waals surface area contributed by atoms with E-state index in [0.29, 0.717) is 37.4 Å². The predicted molar refractivity (Wildman–Crippen MR) is 140 cm³/mol. The third kappa shape index (κ3) is 6.20. The lowest BCUT2D eigenvalue weighted by molar-refractivity contribution is -0.137. The van der Waals surface area contributed by atoms with Crippen molar-refractivity contribution in [2.45, 2.75) is 6.18 Å². The molecule has 0 atom stereocenters. The van der Waals surface area contributed by atoms with Gasteiger partial charge in [0.2, 0.25) is 0 Å². The molecule has 1 heterocycles. The van der Waals surface area contributed by atoms with Crippen molar-refractivity contribution in [3.05, 3.63) is 81.8 Å². The van der Waals surface area contributed by atoms with Crippen LogP contribution in [0, 0.1) is 0 Å². The zero-order valence-electron chi connectivity index (χ0n) is 19.3. The average Bonchev–Trinajstić information content (AvgIpc) is 2.86. The Morgan fingerprint density at radius 3 is 2.22 bits per heavy atom. The summed E-state index contributed by atoms with van der Waals surface area (Å²) in [4.78, 5) is 28.9. The number of nitrogens with zero attached hydrogens (tertiary/aromatic N) is 2. The number of piperazine rings is 1. The summed E-state index contributed by atoms with van der Waals surface area (Å²) in [5.41, 5.74) is 6.79. The number of alkyl halides is 3. The largest absolute Gasteiger partial charge is 0.417 e. The van der Waals surface area contributed by atoms with Crippen LogP contribution in [-0.2, 0) is 6.18 Å². The summed E-state index contributed by atoms with van der Waals surface area (Å²) >= 11 is 12.0. The summed E-state index contributed by atoms with van der Waals surface area (Å²) < 4.78 is 39.2. The molecule has 0 radical (unpaired) electrons. The van der Waals surface area contributed by atoms with Crippen LogP contribution < -0.4 is 21.3 Å². The number of anilines is 4. The molecule has 0 spiro atoms. The SMILES string of the molecule is Nc1ccccc1C(=O)N1CCN(c2ccc(NC(=O)Nc3ccc(Cl)c(C(F)(F)F)c3)c(Cl)c2)CC1. The van der Waals surface area contributed by atoms with Gasteiger partial charge in [-0.3, -0.25) is 4.79 Å². The molecule has 1 aliphatic heterocycles. The molecule has 0 aromatic heterocycles. The highest BCUT2D eigenvalue weighted by molar-refractivity contribution is 6.34. The monoisotopic (exact) mass is 551 g/mol. The molecule has 0 bridgehead atoms. The Bertz CT molecular complexity index is 1330. The van der Waals surface area contributed by atoms with E-state index in [9.17, 15) is 22.8 Å². The first-order chi connectivity index (χ1) is 17.5. The van der Waals surface area contributed by atoms with Crippen LogP contribution in [0.15, 0.2) is 60.7 Å². The molecular weight excluding hydrogens is 530 g/mol. The molecule has 1 fully saturated rings. The van der Waals surface area contributed by atoms with E-state index in [2.05, 4.69) is 15.5 Å². The first-order valence-corrected chi connectivity index (χ1v) is 11.9. The van der Waals surface area contributed by atoms with Gasteiger partial charge in [0.1, 0.15) is 0 Å². The highest BCUT2D eigenvalue weighted by Crippen LogP contribution is 2.36. The summed E-state index contributed by atoms with van der Waals surface area (Å²) in [7, 11) is 0. The van der Waals surface area contributed by atoms with E-state index in [4.69, 9.17) is 28.9 Å². The van der Waals surface area contributed by atoms with Gasteiger partial charge in [0.15, 0.2) is 0 Å². The number of nitrogens with two attached hydrogens (primary N) is 1. The normalized spacial score (nSPS) is 13.9.